The van der Waals surface area contributed by atoms with Gasteiger partial charge in [-0.15, -0.1) is 11.3 Å². The Hall–Kier alpha value is -3.59. The number of aromatic nitrogens is 4. The van der Waals surface area contributed by atoms with E-state index in [0.717, 1.165) is 58.7 Å². The number of nitrogens with zero attached hydrogens (tertiary/aromatic N) is 6. The number of amides is 1. The first kappa shape index (κ1) is 21.0. The van der Waals surface area contributed by atoms with Crippen molar-refractivity contribution in [3.63, 3.8) is 0 Å². The van der Waals surface area contributed by atoms with Gasteiger partial charge in [0.1, 0.15) is 17.0 Å². The van der Waals surface area contributed by atoms with Gasteiger partial charge in [0.2, 0.25) is 5.91 Å². The summed E-state index contributed by atoms with van der Waals surface area (Å²) < 4.78 is 1.76. The van der Waals surface area contributed by atoms with E-state index in [9.17, 15) is 4.79 Å². The van der Waals surface area contributed by atoms with Crippen LogP contribution in [0.2, 0.25) is 0 Å². The molecule has 34 heavy (non-hydrogen) atoms. The van der Waals surface area contributed by atoms with Gasteiger partial charge >= 0.3 is 0 Å². The second-order valence-electron chi connectivity index (χ2n) is 9.07. The molecule has 6 rings (SSSR count). The zero-order chi connectivity index (χ0) is 23.2. The lowest BCUT2D eigenvalue weighted by Gasteiger charge is -2.26. The average molecular weight is 472 g/mol. The number of hydrogen-bond acceptors (Lipinski definition) is 7. The second kappa shape index (κ2) is 8.32. The van der Waals surface area contributed by atoms with Crippen molar-refractivity contribution in [2.45, 2.75) is 32.4 Å². The molecule has 4 heterocycles. The van der Waals surface area contributed by atoms with Crippen molar-refractivity contribution in [3.8, 4) is 0 Å². The molecule has 172 valence electrons. The first-order valence-electron chi connectivity index (χ1n) is 11.4. The molecule has 1 aliphatic heterocycles. The molecule has 0 bridgehead atoms. The standard InChI is InChI=1S/C25H25N7OS/c1-31(12-15-9-29-32(2)13-15)25(33)16-4-6-20-21(8-16)34-24-22(20)23(27-14-28-24)30-19-5-3-17-10-26-11-18(17)7-19/h3,5,7,9,11,13-14,16H,4,6,8,10,12H2,1-2H3,(H,27,28,30). The summed E-state index contributed by atoms with van der Waals surface area (Å²) in [5.74, 6) is 1.01. The Bertz CT molecular complexity index is 1440. The Balaban J connectivity index is 1.23. The van der Waals surface area contributed by atoms with Gasteiger partial charge in [-0.1, -0.05) is 6.07 Å². The maximum atomic E-state index is 13.2. The average Bonchev–Trinajstić information content (AvgIpc) is 3.56. The van der Waals surface area contributed by atoms with Crippen molar-refractivity contribution in [2.75, 3.05) is 12.4 Å². The third kappa shape index (κ3) is 3.75. The molecule has 0 saturated carbocycles. The lowest BCUT2D eigenvalue weighted by molar-refractivity contribution is -0.135. The molecule has 3 aromatic heterocycles. The zero-order valence-corrected chi connectivity index (χ0v) is 20.0. The predicted molar refractivity (Wildman–Crippen MR) is 134 cm³/mol. The van der Waals surface area contributed by atoms with E-state index in [0.29, 0.717) is 6.54 Å². The monoisotopic (exact) mass is 471 g/mol. The van der Waals surface area contributed by atoms with E-state index < -0.39 is 0 Å². The zero-order valence-electron chi connectivity index (χ0n) is 19.2. The van der Waals surface area contributed by atoms with Gasteiger partial charge < -0.3 is 10.2 Å². The van der Waals surface area contributed by atoms with Crippen LogP contribution >= 0.6 is 11.3 Å². The second-order valence-corrected chi connectivity index (χ2v) is 10.2. The van der Waals surface area contributed by atoms with Crippen LogP contribution in [0, 0.1) is 5.92 Å². The lowest BCUT2D eigenvalue weighted by Crippen LogP contribution is -2.35. The van der Waals surface area contributed by atoms with Gasteiger partial charge in [-0.3, -0.25) is 14.5 Å². The SMILES string of the molecule is CN(Cc1cnn(C)c1)C(=O)C1CCc2c(sc3ncnc(Nc4ccc5c(c4)C=NC5)c23)C1. The number of anilines is 2. The van der Waals surface area contributed by atoms with Gasteiger partial charge in [-0.05, 0) is 48.1 Å². The largest absolute Gasteiger partial charge is 0.341 e. The maximum Gasteiger partial charge on any atom is 0.226 e. The third-order valence-electron chi connectivity index (χ3n) is 6.65. The fourth-order valence-corrected chi connectivity index (χ4v) is 6.22. The van der Waals surface area contributed by atoms with Gasteiger partial charge in [-0.25, -0.2) is 9.97 Å². The van der Waals surface area contributed by atoms with Gasteiger partial charge in [-0.2, -0.15) is 5.10 Å². The number of hydrogen-bond donors (Lipinski definition) is 1. The Morgan fingerprint density at radius 1 is 1.32 bits per heavy atom. The topological polar surface area (TPSA) is 88.3 Å². The fraction of sp³-hybridized carbons (Fsp3) is 0.320. The Kier molecular flexibility index (Phi) is 5.13. The number of benzene rings is 1. The van der Waals surface area contributed by atoms with E-state index in [1.165, 1.54) is 16.0 Å². The molecule has 0 radical (unpaired) electrons. The van der Waals surface area contributed by atoms with Crippen LogP contribution in [0.1, 0.15) is 33.6 Å². The van der Waals surface area contributed by atoms with E-state index in [2.05, 4.69) is 43.6 Å². The number of aliphatic imine (C=N–C) groups is 1. The van der Waals surface area contributed by atoms with Crippen LogP contribution in [0.3, 0.4) is 0 Å². The van der Waals surface area contributed by atoms with E-state index in [-0.39, 0.29) is 11.8 Å². The third-order valence-corrected chi connectivity index (χ3v) is 7.81. The van der Waals surface area contributed by atoms with Crippen LogP contribution in [0.15, 0.2) is 41.9 Å². The summed E-state index contributed by atoms with van der Waals surface area (Å²) in [6.07, 6.45) is 9.74. The fourth-order valence-electron chi connectivity index (χ4n) is 4.95. The highest BCUT2D eigenvalue weighted by Crippen LogP contribution is 2.41. The van der Waals surface area contributed by atoms with E-state index in [1.807, 2.05) is 37.6 Å². The first-order chi connectivity index (χ1) is 16.5. The Labute approximate surface area is 201 Å². The van der Waals surface area contributed by atoms with Crippen LogP contribution in [0.5, 0.6) is 0 Å². The molecule has 1 N–H and O–H groups in total. The highest BCUT2D eigenvalue weighted by molar-refractivity contribution is 7.19. The summed E-state index contributed by atoms with van der Waals surface area (Å²) in [7, 11) is 3.77. The van der Waals surface area contributed by atoms with E-state index in [4.69, 9.17) is 0 Å². The molecule has 0 spiro atoms. The number of nitrogens with one attached hydrogen (secondary N) is 1. The smallest absolute Gasteiger partial charge is 0.226 e. The summed E-state index contributed by atoms with van der Waals surface area (Å²) >= 11 is 1.69. The molecule has 0 fully saturated rings. The maximum absolute atomic E-state index is 13.2. The van der Waals surface area contributed by atoms with Gasteiger partial charge in [0.05, 0.1) is 18.1 Å². The molecule has 8 nitrogen and oxygen atoms in total. The van der Waals surface area contributed by atoms with Crippen molar-refractivity contribution in [1.29, 1.82) is 0 Å². The molecule has 2 aliphatic rings. The number of thiophene rings is 1. The highest BCUT2D eigenvalue weighted by atomic mass is 32.1. The summed E-state index contributed by atoms with van der Waals surface area (Å²) in [6.45, 7) is 1.33. The number of rotatable bonds is 5. The molecule has 1 amide bonds. The van der Waals surface area contributed by atoms with Crippen LogP contribution < -0.4 is 5.32 Å². The molecule has 1 aliphatic carbocycles. The minimum atomic E-state index is -0.0115. The predicted octanol–water partition coefficient (Wildman–Crippen LogP) is 3.86. The van der Waals surface area contributed by atoms with Crippen LogP contribution in [0.25, 0.3) is 10.2 Å². The normalized spacial score (nSPS) is 16.5. The molecular weight excluding hydrogens is 446 g/mol. The molecular formula is C25H25N7OS. The summed E-state index contributed by atoms with van der Waals surface area (Å²) in [5, 5.41) is 8.80. The number of aryl methyl sites for hydroxylation is 2. The molecule has 1 aromatic carbocycles. The Morgan fingerprint density at radius 3 is 3.09 bits per heavy atom. The van der Waals surface area contributed by atoms with Crippen molar-refractivity contribution in [1.82, 2.24) is 24.6 Å². The van der Waals surface area contributed by atoms with Crippen molar-refractivity contribution in [2.24, 2.45) is 18.0 Å². The molecule has 1 unspecified atom stereocenters. The summed E-state index contributed by atoms with van der Waals surface area (Å²) in [4.78, 5) is 30.7. The van der Waals surface area contributed by atoms with Crippen LogP contribution in [0.4, 0.5) is 11.5 Å². The van der Waals surface area contributed by atoms with Gasteiger partial charge in [0, 0.05) is 55.1 Å². The van der Waals surface area contributed by atoms with Crippen molar-refractivity contribution < 1.29 is 4.79 Å². The van der Waals surface area contributed by atoms with E-state index >= 15 is 0 Å². The summed E-state index contributed by atoms with van der Waals surface area (Å²) in [5.41, 5.74) is 5.72. The number of fused-ring (bicyclic) bond motifs is 4. The molecule has 0 saturated heterocycles. The Morgan fingerprint density at radius 2 is 2.24 bits per heavy atom. The first-order valence-corrected chi connectivity index (χ1v) is 12.2. The van der Waals surface area contributed by atoms with E-state index in [1.54, 1.807) is 22.3 Å². The number of carbonyl (C=O) groups is 1. The lowest BCUT2D eigenvalue weighted by atomic mass is 9.87. The molecule has 9 heteroatoms. The summed E-state index contributed by atoms with van der Waals surface area (Å²) in [6, 6.07) is 6.31. The number of carbonyl (C=O) groups excluding carboxylic acids is 1. The quantitative estimate of drug-likeness (QED) is 0.477. The molecule has 1 atom stereocenters. The van der Waals surface area contributed by atoms with Crippen LogP contribution in [-0.2, 0) is 37.8 Å². The van der Waals surface area contributed by atoms with Crippen molar-refractivity contribution in [3.05, 3.63) is 64.1 Å². The van der Waals surface area contributed by atoms with Crippen molar-refractivity contribution >= 4 is 45.2 Å². The molecule has 4 aromatic rings. The minimum absolute atomic E-state index is 0.0115. The highest BCUT2D eigenvalue weighted by Gasteiger charge is 2.30. The van der Waals surface area contributed by atoms with Crippen LogP contribution in [-0.4, -0.2) is 43.8 Å². The minimum Gasteiger partial charge on any atom is -0.341 e. The van der Waals surface area contributed by atoms with Gasteiger partial charge in [0.25, 0.3) is 0 Å². The van der Waals surface area contributed by atoms with Gasteiger partial charge in [0.15, 0.2) is 0 Å².